The first-order valence-corrected chi connectivity index (χ1v) is 5.15. The van der Waals surface area contributed by atoms with Gasteiger partial charge in [-0.15, -0.1) is 0 Å². The standard InChI is InChI=1S/C12H14FN3/c1-12(2,3)10-5-4-9(13)8-11(10)16-14-6-7-15-16/h4-8H,1-3H3. The van der Waals surface area contributed by atoms with Crippen molar-refractivity contribution in [3.63, 3.8) is 0 Å². The van der Waals surface area contributed by atoms with Gasteiger partial charge in [-0.3, -0.25) is 0 Å². The molecule has 0 fully saturated rings. The van der Waals surface area contributed by atoms with E-state index in [0.29, 0.717) is 5.69 Å². The smallest absolute Gasteiger partial charge is 0.125 e. The van der Waals surface area contributed by atoms with Crippen LogP contribution < -0.4 is 0 Å². The molecule has 4 heteroatoms. The maximum Gasteiger partial charge on any atom is 0.125 e. The van der Waals surface area contributed by atoms with Crippen molar-refractivity contribution in [1.29, 1.82) is 0 Å². The lowest BCUT2D eigenvalue weighted by atomic mass is 9.86. The van der Waals surface area contributed by atoms with Gasteiger partial charge in [0.1, 0.15) is 5.82 Å². The molecule has 1 aromatic carbocycles. The van der Waals surface area contributed by atoms with Crippen LogP contribution in [0.15, 0.2) is 30.6 Å². The van der Waals surface area contributed by atoms with Crippen molar-refractivity contribution in [2.75, 3.05) is 0 Å². The fraction of sp³-hybridized carbons (Fsp3) is 0.333. The lowest BCUT2D eigenvalue weighted by Gasteiger charge is -2.22. The van der Waals surface area contributed by atoms with Crippen LogP contribution in [0.3, 0.4) is 0 Å². The molecule has 0 aliphatic heterocycles. The zero-order chi connectivity index (χ0) is 11.8. The summed E-state index contributed by atoms with van der Waals surface area (Å²) in [4.78, 5) is 1.45. The van der Waals surface area contributed by atoms with Gasteiger partial charge in [-0.1, -0.05) is 26.8 Å². The summed E-state index contributed by atoms with van der Waals surface area (Å²) >= 11 is 0. The highest BCUT2D eigenvalue weighted by Crippen LogP contribution is 2.28. The van der Waals surface area contributed by atoms with E-state index in [1.807, 2.05) is 0 Å². The zero-order valence-corrected chi connectivity index (χ0v) is 9.61. The number of hydrogen-bond acceptors (Lipinski definition) is 2. The molecule has 0 bridgehead atoms. The van der Waals surface area contributed by atoms with E-state index in [0.717, 1.165) is 5.56 Å². The van der Waals surface area contributed by atoms with Crippen LogP contribution in [0.25, 0.3) is 5.69 Å². The monoisotopic (exact) mass is 219 g/mol. The van der Waals surface area contributed by atoms with Gasteiger partial charge in [-0.2, -0.15) is 15.0 Å². The molecule has 16 heavy (non-hydrogen) atoms. The number of benzene rings is 1. The molecule has 0 aliphatic carbocycles. The molecule has 3 nitrogen and oxygen atoms in total. The third kappa shape index (κ3) is 1.96. The second-order valence-electron chi connectivity index (χ2n) is 4.73. The summed E-state index contributed by atoms with van der Waals surface area (Å²) in [6.45, 7) is 6.23. The number of aromatic nitrogens is 3. The van der Waals surface area contributed by atoms with Crippen molar-refractivity contribution in [2.24, 2.45) is 0 Å². The highest BCUT2D eigenvalue weighted by Gasteiger charge is 2.20. The Kier molecular flexibility index (Phi) is 2.50. The summed E-state index contributed by atoms with van der Waals surface area (Å²) in [5.41, 5.74) is 1.64. The topological polar surface area (TPSA) is 30.7 Å². The van der Waals surface area contributed by atoms with Crippen molar-refractivity contribution in [2.45, 2.75) is 26.2 Å². The first kappa shape index (κ1) is 10.8. The Morgan fingerprint density at radius 2 is 1.75 bits per heavy atom. The quantitative estimate of drug-likeness (QED) is 0.738. The molecule has 0 aliphatic rings. The van der Waals surface area contributed by atoms with Crippen LogP contribution in [0.1, 0.15) is 26.3 Å². The second kappa shape index (κ2) is 3.70. The average molecular weight is 219 g/mol. The molecule has 0 radical (unpaired) electrons. The van der Waals surface area contributed by atoms with Crippen LogP contribution in [-0.4, -0.2) is 15.0 Å². The second-order valence-corrected chi connectivity index (χ2v) is 4.73. The van der Waals surface area contributed by atoms with E-state index in [2.05, 4.69) is 31.0 Å². The third-order valence-corrected chi connectivity index (χ3v) is 2.40. The van der Waals surface area contributed by atoms with E-state index in [4.69, 9.17) is 0 Å². The normalized spacial score (nSPS) is 11.8. The number of nitrogens with zero attached hydrogens (tertiary/aromatic N) is 3. The van der Waals surface area contributed by atoms with E-state index >= 15 is 0 Å². The molecule has 0 N–H and O–H groups in total. The van der Waals surface area contributed by atoms with Gasteiger partial charge in [0.2, 0.25) is 0 Å². The van der Waals surface area contributed by atoms with Gasteiger partial charge in [0.25, 0.3) is 0 Å². The highest BCUT2D eigenvalue weighted by atomic mass is 19.1. The van der Waals surface area contributed by atoms with E-state index < -0.39 is 0 Å². The Morgan fingerprint density at radius 3 is 2.31 bits per heavy atom. The van der Waals surface area contributed by atoms with Crippen LogP contribution in [0.2, 0.25) is 0 Å². The van der Waals surface area contributed by atoms with Crippen molar-refractivity contribution in [3.05, 3.63) is 42.0 Å². The molecule has 84 valence electrons. The van der Waals surface area contributed by atoms with Gasteiger partial charge < -0.3 is 0 Å². The van der Waals surface area contributed by atoms with Crippen molar-refractivity contribution in [3.8, 4) is 5.69 Å². The Hall–Kier alpha value is -1.71. The Morgan fingerprint density at radius 1 is 1.12 bits per heavy atom. The summed E-state index contributed by atoms with van der Waals surface area (Å²) in [6.07, 6.45) is 3.16. The maximum absolute atomic E-state index is 13.3. The van der Waals surface area contributed by atoms with Crippen LogP contribution >= 0.6 is 0 Å². The molecule has 1 heterocycles. The molecule has 2 rings (SSSR count). The Bertz CT molecular complexity index is 483. The van der Waals surface area contributed by atoms with Crippen LogP contribution in [0.4, 0.5) is 4.39 Å². The van der Waals surface area contributed by atoms with Gasteiger partial charge in [0, 0.05) is 6.07 Å². The summed E-state index contributed by atoms with van der Waals surface area (Å²) in [6, 6.07) is 4.71. The van der Waals surface area contributed by atoms with Gasteiger partial charge in [-0.05, 0) is 17.0 Å². The minimum atomic E-state index is -0.277. The maximum atomic E-state index is 13.3. The largest absolute Gasteiger partial charge is 0.207 e. The molecule has 0 spiro atoms. The van der Waals surface area contributed by atoms with Crippen LogP contribution in [0, 0.1) is 5.82 Å². The van der Waals surface area contributed by atoms with E-state index in [-0.39, 0.29) is 11.2 Å². The molecule has 0 saturated carbocycles. The van der Waals surface area contributed by atoms with E-state index in [1.165, 1.54) is 16.9 Å². The van der Waals surface area contributed by atoms with Crippen LogP contribution in [0.5, 0.6) is 0 Å². The minimum absolute atomic E-state index is 0.0728. The molecular formula is C12H14FN3. The Labute approximate surface area is 93.9 Å². The number of rotatable bonds is 1. The fourth-order valence-electron chi connectivity index (χ4n) is 1.64. The van der Waals surface area contributed by atoms with E-state index in [1.54, 1.807) is 18.5 Å². The summed E-state index contributed by atoms with van der Waals surface area (Å²) in [5.74, 6) is -0.277. The predicted molar refractivity (Wildman–Crippen MR) is 60.0 cm³/mol. The molecule has 0 unspecified atom stereocenters. The third-order valence-electron chi connectivity index (χ3n) is 2.40. The van der Waals surface area contributed by atoms with Crippen molar-refractivity contribution < 1.29 is 4.39 Å². The fourth-order valence-corrected chi connectivity index (χ4v) is 1.64. The van der Waals surface area contributed by atoms with Gasteiger partial charge in [0.05, 0.1) is 18.1 Å². The summed E-state index contributed by atoms with van der Waals surface area (Å²) in [5, 5.41) is 8.08. The van der Waals surface area contributed by atoms with Gasteiger partial charge in [-0.25, -0.2) is 4.39 Å². The molecule has 0 atom stereocenters. The number of hydrogen-bond donors (Lipinski definition) is 0. The molecule has 0 amide bonds. The van der Waals surface area contributed by atoms with E-state index in [9.17, 15) is 4.39 Å². The lowest BCUT2D eigenvalue weighted by molar-refractivity contribution is 0.568. The van der Waals surface area contributed by atoms with Crippen LogP contribution in [-0.2, 0) is 5.41 Å². The summed E-state index contributed by atoms with van der Waals surface area (Å²) in [7, 11) is 0. The highest BCUT2D eigenvalue weighted by molar-refractivity contribution is 5.43. The molecule has 1 aromatic heterocycles. The molecular weight excluding hydrogens is 205 g/mol. The van der Waals surface area contributed by atoms with Gasteiger partial charge >= 0.3 is 0 Å². The summed E-state index contributed by atoms with van der Waals surface area (Å²) < 4.78 is 13.3. The lowest BCUT2D eigenvalue weighted by Crippen LogP contribution is -2.16. The first-order chi connectivity index (χ1) is 7.48. The average Bonchev–Trinajstić information content (AvgIpc) is 2.68. The predicted octanol–water partition coefficient (Wildman–Crippen LogP) is 2.70. The molecule has 0 saturated heterocycles. The Balaban J connectivity index is 2.63. The SMILES string of the molecule is CC(C)(C)c1ccc(F)cc1-n1nccn1. The first-order valence-electron chi connectivity index (χ1n) is 5.15. The minimum Gasteiger partial charge on any atom is -0.207 e. The molecule has 2 aromatic rings. The number of halogens is 1. The van der Waals surface area contributed by atoms with Crippen molar-refractivity contribution in [1.82, 2.24) is 15.0 Å². The van der Waals surface area contributed by atoms with Crippen molar-refractivity contribution >= 4 is 0 Å². The zero-order valence-electron chi connectivity index (χ0n) is 9.61. The van der Waals surface area contributed by atoms with Gasteiger partial charge in [0.15, 0.2) is 0 Å².